The fourth-order valence-electron chi connectivity index (χ4n) is 1.95. The van der Waals surface area contributed by atoms with E-state index in [0.717, 1.165) is 12.2 Å². The Bertz CT molecular complexity index is 403. The van der Waals surface area contributed by atoms with Gasteiger partial charge in [0.05, 0.1) is 23.7 Å². The highest BCUT2D eigenvalue weighted by molar-refractivity contribution is 5.86. The minimum absolute atomic E-state index is 0.0378. The third-order valence-corrected chi connectivity index (χ3v) is 3.03. The number of hydrogen-bond acceptors (Lipinski definition) is 4. The Balaban J connectivity index is 2.19. The van der Waals surface area contributed by atoms with Gasteiger partial charge in [0.1, 0.15) is 6.04 Å². The molecule has 0 aromatic carbocycles. The second-order valence-corrected chi connectivity index (χ2v) is 4.28. The zero-order valence-corrected chi connectivity index (χ0v) is 10.1. The predicted molar refractivity (Wildman–Crippen MR) is 64.7 cm³/mol. The van der Waals surface area contributed by atoms with Crippen molar-refractivity contribution in [2.75, 3.05) is 18.0 Å². The number of piperazine rings is 1. The molecular formula is C12H17N3O2. The van der Waals surface area contributed by atoms with Crippen LogP contribution in [0.5, 0.6) is 0 Å². The van der Waals surface area contributed by atoms with Gasteiger partial charge in [-0.05, 0) is 26.0 Å². The molecule has 5 nitrogen and oxygen atoms in total. The molecule has 0 bridgehead atoms. The van der Waals surface area contributed by atoms with E-state index >= 15 is 0 Å². The molecule has 1 aromatic rings. The van der Waals surface area contributed by atoms with Crippen molar-refractivity contribution in [3.05, 3.63) is 24.0 Å². The number of amides is 1. The number of carbonyl (C=O) groups excluding carboxylic acids is 1. The summed E-state index contributed by atoms with van der Waals surface area (Å²) in [6.45, 7) is 4.99. The zero-order valence-electron chi connectivity index (χ0n) is 10.1. The Labute approximate surface area is 100 Å². The van der Waals surface area contributed by atoms with Crippen LogP contribution in [0, 0.1) is 0 Å². The number of pyridine rings is 1. The number of nitrogens with zero attached hydrogens (tertiary/aromatic N) is 2. The van der Waals surface area contributed by atoms with Crippen molar-refractivity contribution in [2.24, 2.45) is 0 Å². The summed E-state index contributed by atoms with van der Waals surface area (Å²) in [5, 5.41) is 12.2. The first-order chi connectivity index (χ1) is 8.09. The molecule has 2 rings (SSSR count). The van der Waals surface area contributed by atoms with Gasteiger partial charge in [0.2, 0.25) is 5.91 Å². The third kappa shape index (κ3) is 2.39. The lowest BCUT2D eigenvalue weighted by Gasteiger charge is -2.34. The van der Waals surface area contributed by atoms with E-state index < -0.39 is 6.10 Å². The number of aliphatic hydroxyl groups excluding tert-OH is 1. The quantitative estimate of drug-likeness (QED) is 0.781. The summed E-state index contributed by atoms with van der Waals surface area (Å²) in [4.78, 5) is 17.7. The summed E-state index contributed by atoms with van der Waals surface area (Å²) in [7, 11) is 0. The third-order valence-electron chi connectivity index (χ3n) is 3.03. The summed E-state index contributed by atoms with van der Waals surface area (Å²) in [5.41, 5.74) is 1.56. The van der Waals surface area contributed by atoms with Crippen molar-refractivity contribution >= 4 is 11.6 Å². The zero-order chi connectivity index (χ0) is 12.4. The van der Waals surface area contributed by atoms with E-state index in [1.165, 1.54) is 0 Å². The van der Waals surface area contributed by atoms with Gasteiger partial charge in [0.15, 0.2) is 0 Å². The highest BCUT2D eigenvalue weighted by Gasteiger charge is 2.25. The highest BCUT2D eigenvalue weighted by atomic mass is 16.3. The van der Waals surface area contributed by atoms with Crippen molar-refractivity contribution in [2.45, 2.75) is 26.0 Å². The van der Waals surface area contributed by atoms with Gasteiger partial charge in [-0.2, -0.15) is 0 Å². The maximum atomic E-state index is 11.5. The van der Waals surface area contributed by atoms with Crippen molar-refractivity contribution in [3.8, 4) is 0 Å². The molecule has 0 radical (unpaired) electrons. The topological polar surface area (TPSA) is 65.5 Å². The first kappa shape index (κ1) is 11.9. The number of rotatable bonds is 2. The molecule has 0 spiro atoms. The predicted octanol–water partition coefficient (Wildman–Crippen LogP) is 0.460. The summed E-state index contributed by atoms with van der Waals surface area (Å²) >= 11 is 0. The summed E-state index contributed by atoms with van der Waals surface area (Å²) in [6, 6.07) is 3.51. The van der Waals surface area contributed by atoms with Gasteiger partial charge in [-0.1, -0.05) is 0 Å². The molecule has 5 heteroatoms. The number of nitrogens with one attached hydrogen (secondary N) is 1. The molecule has 0 saturated carbocycles. The maximum Gasteiger partial charge on any atom is 0.242 e. The molecule has 2 N–H and O–H groups in total. The molecule has 1 amide bonds. The van der Waals surface area contributed by atoms with Crippen molar-refractivity contribution < 1.29 is 9.90 Å². The lowest BCUT2D eigenvalue weighted by Crippen LogP contribution is -2.54. The Morgan fingerprint density at radius 1 is 1.59 bits per heavy atom. The highest BCUT2D eigenvalue weighted by Crippen LogP contribution is 2.19. The van der Waals surface area contributed by atoms with Crippen LogP contribution in [0.15, 0.2) is 18.3 Å². The van der Waals surface area contributed by atoms with Crippen LogP contribution in [0.25, 0.3) is 0 Å². The van der Waals surface area contributed by atoms with E-state index in [1.54, 1.807) is 19.2 Å². The smallest absolute Gasteiger partial charge is 0.242 e. The minimum atomic E-state index is -0.564. The maximum absolute atomic E-state index is 11.5. The summed E-state index contributed by atoms with van der Waals surface area (Å²) < 4.78 is 0. The molecule has 92 valence electrons. The lowest BCUT2D eigenvalue weighted by atomic mass is 10.1. The number of anilines is 1. The second-order valence-electron chi connectivity index (χ2n) is 4.28. The second kappa shape index (κ2) is 4.71. The molecule has 1 fully saturated rings. The van der Waals surface area contributed by atoms with Crippen molar-refractivity contribution in [1.29, 1.82) is 0 Å². The van der Waals surface area contributed by atoms with Crippen LogP contribution in [0.4, 0.5) is 5.69 Å². The van der Waals surface area contributed by atoms with Gasteiger partial charge in [-0.15, -0.1) is 0 Å². The van der Waals surface area contributed by atoms with Crippen LogP contribution >= 0.6 is 0 Å². The van der Waals surface area contributed by atoms with Gasteiger partial charge in [0.25, 0.3) is 0 Å². The Morgan fingerprint density at radius 2 is 2.35 bits per heavy atom. The average molecular weight is 235 g/mol. The van der Waals surface area contributed by atoms with E-state index in [1.807, 2.05) is 17.9 Å². The molecular weight excluding hydrogens is 218 g/mol. The summed E-state index contributed by atoms with van der Waals surface area (Å²) in [5.74, 6) is 0.0378. The number of hydrogen-bond donors (Lipinski definition) is 2. The molecule has 1 saturated heterocycles. The standard InChI is InChI=1S/C12H17N3O2/c1-8-12(17)13-5-6-15(8)10-3-4-11(9(2)16)14-7-10/h3-4,7-9,16H,5-6H2,1-2H3,(H,13,17). The Hall–Kier alpha value is -1.62. The lowest BCUT2D eigenvalue weighted by molar-refractivity contribution is -0.122. The largest absolute Gasteiger partial charge is 0.387 e. The molecule has 2 unspecified atom stereocenters. The molecule has 1 aliphatic heterocycles. The molecule has 1 aliphatic rings. The fraction of sp³-hybridized carbons (Fsp3) is 0.500. The van der Waals surface area contributed by atoms with Crippen LogP contribution in [-0.4, -0.2) is 35.1 Å². The van der Waals surface area contributed by atoms with Gasteiger partial charge in [-0.25, -0.2) is 0 Å². The van der Waals surface area contributed by atoms with E-state index in [9.17, 15) is 9.90 Å². The van der Waals surface area contributed by atoms with Gasteiger partial charge in [-0.3, -0.25) is 9.78 Å². The van der Waals surface area contributed by atoms with Crippen molar-refractivity contribution in [3.63, 3.8) is 0 Å². The number of aromatic nitrogens is 1. The van der Waals surface area contributed by atoms with E-state index in [4.69, 9.17) is 0 Å². The van der Waals surface area contributed by atoms with Crippen molar-refractivity contribution in [1.82, 2.24) is 10.3 Å². The van der Waals surface area contributed by atoms with Crippen LogP contribution in [0.2, 0.25) is 0 Å². The monoisotopic (exact) mass is 235 g/mol. The van der Waals surface area contributed by atoms with Crippen LogP contribution in [0.3, 0.4) is 0 Å². The molecule has 2 heterocycles. The first-order valence-electron chi connectivity index (χ1n) is 5.78. The van der Waals surface area contributed by atoms with Gasteiger partial charge in [0, 0.05) is 13.1 Å². The SMILES string of the molecule is CC(O)c1ccc(N2CCNC(=O)C2C)cn1. The number of carbonyl (C=O) groups is 1. The molecule has 17 heavy (non-hydrogen) atoms. The van der Waals surface area contributed by atoms with E-state index in [2.05, 4.69) is 10.3 Å². The van der Waals surface area contributed by atoms with Gasteiger partial charge >= 0.3 is 0 Å². The Morgan fingerprint density at radius 3 is 2.94 bits per heavy atom. The van der Waals surface area contributed by atoms with Crippen LogP contribution < -0.4 is 10.2 Å². The molecule has 2 atom stereocenters. The van der Waals surface area contributed by atoms with Crippen LogP contribution in [0.1, 0.15) is 25.6 Å². The first-order valence-corrected chi connectivity index (χ1v) is 5.78. The van der Waals surface area contributed by atoms with Crippen LogP contribution in [-0.2, 0) is 4.79 Å². The van der Waals surface area contributed by atoms with E-state index in [0.29, 0.717) is 12.2 Å². The fourth-order valence-corrected chi connectivity index (χ4v) is 1.95. The molecule has 0 aliphatic carbocycles. The molecule has 1 aromatic heterocycles. The van der Waals surface area contributed by atoms with Gasteiger partial charge < -0.3 is 15.3 Å². The number of aliphatic hydroxyl groups is 1. The Kier molecular flexibility index (Phi) is 3.28. The normalized spacial score (nSPS) is 22.2. The average Bonchev–Trinajstić information content (AvgIpc) is 2.33. The minimum Gasteiger partial charge on any atom is -0.387 e. The summed E-state index contributed by atoms with van der Waals surface area (Å²) in [6.07, 6.45) is 1.14. The van der Waals surface area contributed by atoms with E-state index in [-0.39, 0.29) is 11.9 Å².